The Kier molecular flexibility index (Phi) is 3.81. The summed E-state index contributed by atoms with van der Waals surface area (Å²) in [6, 6.07) is 3.83. The lowest BCUT2D eigenvalue weighted by Gasteiger charge is -2.00. The first-order chi connectivity index (χ1) is 8.22. The summed E-state index contributed by atoms with van der Waals surface area (Å²) in [5, 5.41) is 3.52. The lowest BCUT2D eigenvalue weighted by atomic mass is 10.2. The van der Waals surface area contributed by atoms with Crippen LogP contribution in [-0.2, 0) is 6.54 Å². The lowest BCUT2D eigenvalue weighted by Crippen LogP contribution is -2.10. The van der Waals surface area contributed by atoms with Crippen molar-refractivity contribution in [3.8, 4) is 10.6 Å². The van der Waals surface area contributed by atoms with Crippen LogP contribution in [0.3, 0.4) is 0 Å². The van der Waals surface area contributed by atoms with Crippen LogP contribution >= 0.6 is 11.3 Å². The number of nitrogens with zero attached hydrogens (tertiary/aromatic N) is 1. The largest absolute Gasteiger partial charge is 0.312 e. The zero-order valence-corrected chi connectivity index (χ0v) is 10.2. The highest BCUT2D eigenvalue weighted by Gasteiger charge is 2.14. The molecule has 17 heavy (non-hydrogen) atoms. The first-order valence-electron chi connectivity index (χ1n) is 5.32. The molecule has 2 nitrogen and oxygen atoms in total. The summed E-state index contributed by atoms with van der Waals surface area (Å²) in [6.07, 6.45) is 1.65. The third-order valence-corrected chi connectivity index (χ3v) is 3.29. The Morgan fingerprint density at radius 2 is 2.00 bits per heavy atom. The molecule has 90 valence electrons. The topological polar surface area (TPSA) is 24.9 Å². The van der Waals surface area contributed by atoms with E-state index in [4.69, 9.17) is 0 Å². The lowest BCUT2D eigenvalue weighted by molar-refractivity contribution is 0.589. The van der Waals surface area contributed by atoms with Crippen LogP contribution in [0.1, 0.15) is 11.8 Å². The van der Waals surface area contributed by atoms with E-state index >= 15 is 0 Å². The van der Waals surface area contributed by atoms with E-state index in [0.717, 1.165) is 11.4 Å². The van der Waals surface area contributed by atoms with Crippen LogP contribution in [0.15, 0.2) is 24.4 Å². The van der Waals surface area contributed by atoms with Crippen molar-refractivity contribution in [2.24, 2.45) is 0 Å². The van der Waals surface area contributed by atoms with Gasteiger partial charge in [-0.3, -0.25) is 0 Å². The molecule has 5 heteroatoms. The quantitative estimate of drug-likeness (QED) is 0.906. The van der Waals surface area contributed by atoms with Crippen molar-refractivity contribution < 1.29 is 8.78 Å². The molecule has 1 heterocycles. The molecule has 1 aromatic carbocycles. The van der Waals surface area contributed by atoms with Crippen molar-refractivity contribution in [3.05, 3.63) is 40.9 Å². The van der Waals surface area contributed by atoms with E-state index < -0.39 is 11.6 Å². The number of aromatic nitrogens is 1. The van der Waals surface area contributed by atoms with Gasteiger partial charge in [0.05, 0.1) is 5.56 Å². The monoisotopic (exact) mass is 254 g/mol. The standard InChI is InChI=1S/C12H12F2N2S/c1-2-15-6-8-7-16-12(17-8)11-9(13)4-3-5-10(11)14/h3-5,7,15H,2,6H2,1H3. The second-order valence-electron chi connectivity index (χ2n) is 3.51. The summed E-state index contributed by atoms with van der Waals surface area (Å²) < 4.78 is 27.0. The van der Waals surface area contributed by atoms with Gasteiger partial charge in [-0.05, 0) is 18.7 Å². The zero-order chi connectivity index (χ0) is 12.3. The number of benzene rings is 1. The molecule has 0 atom stereocenters. The summed E-state index contributed by atoms with van der Waals surface area (Å²) >= 11 is 1.30. The maximum atomic E-state index is 13.5. The molecule has 0 aliphatic rings. The number of thiazole rings is 1. The molecule has 2 aromatic rings. The van der Waals surface area contributed by atoms with E-state index in [-0.39, 0.29) is 5.56 Å². The first-order valence-corrected chi connectivity index (χ1v) is 6.13. The third kappa shape index (κ3) is 2.68. The van der Waals surface area contributed by atoms with Gasteiger partial charge in [-0.2, -0.15) is 0 Å². The summed E-state index contributed by atoms with van der Waals surface area (Å²) in [7, 11) is 0. The SMILES string of the molecule is CCNCc1cnc(-c2c(F)cccc2F)s1. The summed E-state index contributed by atoms with van der Waals surface area (Å²) in [5.41, 5.74) is -0.0414. The Morgan fingerprint density at radius 1 is 1.29 bits per heavy atom. The fraction of sp³-hybridized carbons (Fsp3) is 0.250. The van der Waals surface area contributed by atoms with Gasteiger partial charge in [-0.25, -0.2) is 13.8 Å². The number of hydrogen-bond donors (Lipinski definition) is 1. The molecule has 0 amide bonds. The number of nitrogens with one attached hydrogen (secondary N) is 1. The molecular formula is C12H12F2N2S. The molecule has 0 saturated heterocycles. The van der Waals surface area contributed by atoms with Gasteiger partial charge in [0.25, 0.3) is 0 Å². The molecule has 0 spiro atoms. The summed E-state index contributed by atoms with van der Waals surface area (Å²) in [4.78, 5) is 5.02. The van der Waals surface area contributed by atoms with E-state index in [1.54, 1.807) is 6.20 Å². The van der Waals surface area contributed by atoms with Gasteiger partial charge in [-0.1, -0.05) is 13.0 Å². The van der Waals surface area contributed by atoms with Gasteiger partial charge in [0.15, 0.2) is 0 Å². The number of hydrogen-bond acceptors (Lipinski definition) is 3. The van der Waals surface area contributed by atoms with E-state index in [9.17, 15) is 8.78 Å². The minimum Gasteiger partial charge on any atom is -0.312 e. The van der Waals surface area contributed by atoms with Crippen LogP contribution in [0, 0.1) is 11.6 Å². The van der Waals surface area contributed by atoms with Crippen molar-refractivity contribution in [1.29, 1.82) is 0 Å². The van der Waals surface area contributed by atoms with E-state index in [1.165, 1.54) is 29.5 Å². The highest BCUT2D eigenvalue weighted by Crippen LogP contribution is 2.29. The van der Waals surface area contributed by atoms with Gasteiger partial charge in [0.2, 0.25) is 0 Å². The van der Waals surface area contributed by atoms with E-state index in [0.29, 0.717) is 11.6 Å². The Labute approximate surface area is 102 Å². The van der Waals surface area contributed by atoms with E-state index in [2.05, 4.69) is 10.3 Å². The van der Waals surface area contributed by atoms with Gasteiger partial charge in [0, 0.05) is 17.6 Å². The van der Waals surface area contributed by atoms with Crippen LogP contribution in [0.4, 0.5) is 8.78 Å². The molecule has 0 aliphatic heterocycles. The predicted molar refractivity (Wildman–Crippen MR) is 64.8 cm³/mol. The molecule has 0 radical (unpaired) electrons. The third-order valence-electron chi connectivity index (χ3n) is 2.28. The average molecular weight is 254 g/mol. The highest BCUT2D eigenvalue weighted by molar-refractivity contribution is 7.15. The second-order valence-corrected chi connectivity index (χ2v) is 4.62. The number of halogens is 2. The molecular weight excluding hydrogens is 242 g/mol. The maximum Gasteiger partial charge on any atom is 0.136 e. The van der Waals surface area contributed by atoms with Crippen LogP contribution in [0.5, 0.6) is 0 Å². The Bertz CT molecular complexity index is 491. The zero-order valence-electron chi connectivity index (χ0n) is 9.34. The molecule has 0 unspecified atom stereocenters. The highest BCUT2D eigenvalue weighted by atomic mass is 32.1. The van der Waals surface area contributed by atoms with Crippen LogP contribution in [0.25, 0.3) is 10.6 Å². The van der Waals surface area contributed by atoms with Crippen molar-refractivity contribution in [1.82, 2.24) is 10.3 Å². The molecule has 0 bridgehead atoms. The fourth-order valence-electron chi connectivity index (χ4n) is 1.46. The molecule has 1 N–H and O–H groups in total. The van der Waals surface area contributed by atoms with Gasteiger partial charge < -0.3 is 5.32 Å². The van der Waals surface area contributed by atoms with Crippen LogP contribution < -0.4 is 5.32 Å². The Balaban J connectivity index is 2.30. The maximum absolute atomic E-state index is 13.5. The van der Waals surface area contributed by atoms with Gasteiger partial charge in [0.1, 0.15) is 16.6 Å². The van der Waals surface area contributed by atoms with Crippen LogP contribution in [-0.4, -0.2) is 11.5 Å². The van der Waals surface area contributed by atoms with Crippen molar-refractivity contribution >= 4 is 11.3 Å². The normalized spacial score (nSPS) is 10.8. The van der Waals surface area contributed by atoms with Crippen molar-refractivity contribution in [2.45, 2.75) is 13.5 Å². The fourth-order valence-corrected chi connectivity index (χ4v) is 2.39. The van der Waals surface area contributed by atoms with Crippen molar-refractivity contribution in [2.75, 3.05) is 6.54 Å². The molecule has 0 saturated carbocycles. The predicted octanol–water partition coefficient (Wildman–Crippen LogP) is 3.20. The Hall–Kier alpha value is -1.33. The smallest absolute Gasteiger partial charge is 0.136 e. The first kappa shape index (κ1) is 12.1. The summed E-state index contributed by atoms with van der Waals surface area (Å²) in [6.45, 7) is 3.52. The number of rotatable bonds is 4. The Morgan fingerprint density at radius 3 is 2.65 bits per heavy atom. The minimum atomic E-state index is -0.575. The molecule has 1 aromatic heterocycles. The van der Waals surface area contributed by atoms with Gasteiger partial charge >= 0.3 is 0 Å². The molecule has 0 aliphatic carbocycles. The van der Waals surface area contributed by atoms with E-state index in [1.807, 2.05) is 6.92 Å². The van der Waals surface area contributed by atoms with Crippen LogP contribution in [0.2, 0.25) is 0 Å². The minimum absolute atomic E-state index is 0.0414. The average Bonchev–Trinajstić information content (AvgIpc) is 2.75. The summed E-state index contributed by atoms with van der Waals surface area (Å²) in [5.74, 6) is -1.15. The van der Waals surface area contributed by atoms with Crippen molar-refractivity contribution in [3.63, 3.8) is 0 Å². The van der Waals surface area contributed by atoms with Gasteiger partial charge in [-0.15, -0.1) is 11.3 Å². The second kappa shape index (κ2) is 5.33. The molecule has 2 rings (SSSR count). The molecule has 0 fully saturated rings.